The van der Waals surface area contributed by atoms with Gasteiger partial charge in [-0.3, -0.25) is 0 Å². The van der Waals surface area contributed by atoms with Gasteiger partial charge in [-0.1, -0.05) is 12.1 Å². The topological polar surface area (TPSA) is 114 Å². The van der Waals surface area contributed by atoms with E-state index in [1.54, 1.807) is 24.3 Å². The summed E-state index contributed by atoms with van der Waals surface area (Å²) in [6, 6.07) is 6.93. The Balaban J connectivity index is 2.06. The van der Waals surface area contributed by atoms with Crippen molar-refractivity contribution in [2.24, 2.45) is 0 Å². The lowest BCUT2D eigenvalue weighted by atomic mass is 10.1. The molecule has 21 heavy (non-hydrogen) atoms. The lowest BCUT2D eigenvalue weighted by Crippen LogP contribution is -2.05. The molecule has 2 N–H and O–H groups in total. The third-order valence-corrected chi connectivity index (χ3v) is 2.88. The highest BCUT2D eigenvalue weighted by Gasteiger charge is 2.13. The van der Waals surface area contributed by atoms with Crippen LogP contribution in [-0.2, 0) is 0 Å². The van der Waals surface area contributed by atoms with Crippen LogP contribution in [0, 0.1) is 0 Å². The number of para-hydroxylation sites is 1. The van der Waals surface area contributed by atoms with Gasteiger partial charge in [0.05, 0.1) is 6.61 Å². The summed E-state index contributed by atoms with van der Waals surface area (Å²) in [5.74, 6) is 0.706. The quantitative estimate of drug-likeness (QED) is 0.525. The Morgan fingerprint density at radius 1 is 1.38 bits per heavy atom. The number of fused-ring (bicyclic) bond motifs is 1. The van der Waals surface area contributed by atoms with Crippen LogP contribution in [0.25, 0.3) is 22.4 Å². The van der Waals surface area contributed by atoms with Crippen LogP contribution in [-0.4, -0.2) is 38.9 Å². The molecule has 0 aliphatic carbocycles. The van der Waals surface area contributed by atoms with Gasteiger partial charge in [0.25, 0.3) is 0 Å². The van der Waals surface area contributed by atoms with E-state index in [1.807, 2.05) is 0 Å². The number of H-pyrrole nitrogens is 1. The number of ether oxygens (including phenoxy) is 1. The number of rotatable bonds is 5. The van der Waals surface area contributed by atoms with Gasteiger partial charge in [0.15, 0.2) is 17.2 Å². The Bertz CT molecular complexity index is 798. The Labute approximate surface area is 118 Å². The molecule has 0 fully saturated rings. The molecule has 8 heteroatoms. The molecule has 0 aliphatic heterocycles. The number of tetrazole rings is 1. The van der Waals surface area contributed by atoms with Crippen LogP contribution in [0.4, 0.5) is 0 Å². The smallest absolute Gasteiger partial charge is 0.347 e. The minimum atomic E-state index is -0.556. The Morgan fingerprint density at radius 2 is 2.29 bits per heavy atom. The Hall–Kier alpha value is -2.74. The summed E-state index contributed by atoms with van der Waals surface area (Å²) in [4.78, 5) is 12.0. The molecule has 0 spiro atoms. The summed E-state index contributed by atoms with van der Waals surface area (Å²) < 4.78 is 10.8. The lowest BCUT2D eigenvalue weighted by molar-refractivity contribution is 0.233. The zero-order valence-electron chi connectivity index (χ0n) is 10.9. The lowest BCUT2D eigenvalue weighted by Gasteiger charge is -2.07. The van der Waals surface area contributed by atoms with E-state index in [4.69, 9.17) is 14.3 Å². The Morgan fingerprint density at radius 3 is 3.05 bits per heavy atom. The van der Waals surface area contributed by atoms with Crippen LogP contribution in [0.15, 0.2) is 33.5 Å². The van der Waals surface area contributed by atoms with Crippen LogP contribution < -0.4 is 10.4 Å². The van der Waals surface area contributed by atoms with Crippen molar-refractivity contribution >= 4 is 11.0 Å². The van der Waals surface area contributed by atoms with Crippen molar-refractivity contribution in [1.29, 1.82) is 0 Å². The second-order valence-corrected chi connectivity index (χ2v) is 4.30. The predicted octanol–water partition coefficient (Wildman–Crippen LogP) is 0.734. The van der Waals surface area contributed by atoms with Crippen LogP contribution in [0.3, 0.4) is 0 Å². The van der Waals surface area contributed by atoms with E-state index in [2.05, 4.69) is 20.6 Å². The van der Waals surface area contributed by atoms with E-state index in [-0.39, 0.29) is 18.0 Å². The van der Waals surface area contributed by atoms with Crippen LogP contribution in [0.1, 0.15) is 6.42 Å². The normalized spacial score (nSPS) is 10.9. The molecule has 8 nitrogen and oxygen atoms in total. The minimum Gasteiger partial charge on any atom is -0.490 e. The molecule has 0 amide bonds. The minimum absolute atomic E-state index is 0.0390. The standard InChI is InChI=1S/C13H12N4O4/c18-5-2-6-20-10-4-1-3-8-7-9(12-14-16-17-15-12)13(19)21-11(8)10/h1,3-4,7,18H,2,5-6H2,(H,14,15,16,17). The van der Waals surface area contributed by atoms with E-state index in [0.29, 0.717) is 29.7 Å². The molecule has 0 bridgehead atoms. The van der Waals surface area contributed by atoms with Crippen molar-refractivity contribution in [3.8, 4) is 17.1 Å². The SMILES string of the molecule is O=c1oc2c(OCCCO)cccc2cc1-c1nnn[nH]1. The number of hydrogen-bond acceptors (Lipinski definition) is 7. The van der Waals surface area contributed by atoms with Crippen LogP contribution in [0.5, 0.6) is 5.75 Å². The molecule has 0 unspecified atom stereocenters. The fourth-order valence-electron chi connectivity index (χ4n) is 1.92. The highest BCUT2D eigenvalue weighted by Crippen LogP contribution is 2.26. The second kappa shape index (κ2) is 5.71. The molecule has 1 aromatic carbocycles. The predicted molar refractivity (Wildman–Crippen MR) is 72.9 cm³/mol. The molecular weight excluding hydrogens is 276 g/mol. The molecule has 108 valence electrons. The molecule has 2 heterocycles. The maximum atomic E-state index is 12.0. The van der Waals surface area contributed by atoms with Crippen molar-refractivity contribution in [2.75, 3.05) is 13.2 Å². The fourth-order valence-corrected chi connectivity index (χ4v) is 1.92. The number of nitrogens with one attached hydrogen (secondary N) is 1. The Kier molecular flexibility index (Phi) is 3.61. The highest BCUT2D eigenvalue weighted by atomic mass is 16.5. The number of aromatic amines is 1. The van der Waals surface area contributed by atoms with E-state index >= 15 is 0 Å². The highest BCUT2D eigenvalue weighted by molar-refractivity contribution is 5.85. The maximum Gasteiger partial charge on any atom is 0.347 e. The van der Waals surface area contributed by atoms with Crippen molar-refractivity contribution in [3.63, 3.8) is 0 Å². The van der Waals surface area contributed by atoms with Gasteiger partial charge in [0.1, 0.15) is 5.56 Å². The summed E-state index contributed by atoms with van der Waals surface area (Å²) in [6.45, 7) is 0.379. The number of aliphatic hydroxyl groups excluding tert-OH is 1. The molecule has 3 aromatic rings. The fraction of sp³-hybridized carbons (Fsp3) is 0.231. The molecular formula is C13H12N4O4. The van der Waals surface area contributed by atoms with Gasteiger partial charge < -0.3 is 14.3 Å². The molecule has 0 aliphatic rings. The summed E-state index contributed by atoms with van der Waals surface area (Å²) in [5, 5.41) is 22.6. The summed E-state index contributed by atoms with van der Waals surface area (Å²) in [7, 11) is 0. The summed E-state index contributed by atoms with van der Waals surface area (Å²) >= 11 is 0. The van der Waals surface area contributed by atoms with Gasteiger partial charge in [-0.25, -0.2) is 9.89 Å². The summed E-state index contributed by atoms with van der Waals surface area (Å²) in [5.41, 5.74) is 0.0518. The molecule has 0 saturated carbocycles. The van der Waals surface area contributed by atoms with Gasteiger partial charge in [-0.05, 0) is 22.6 Å². The third-order valence-electron chi connectivity index (χ3n) is 2.88. The number of aliphatic hydroxyl groups is 1. The first-order valence-electron chi connectivity index (χ1n) is 6.34. The number of benzene rings is 1. The van der Waals surface area contributed by atoms with E-state index in [9.17, 15) is 4.79 Å². The van der Waals surface area contributed by atoms with E-state index in [0.717, 1.165) is 0 Å². The van der Waals surface area contributed by atoms with Crippen molar-refractivity contribution in [1.82, 2.24) is 20.6 Å². The van der Waals surface area contributed by atoms with Crippen molar-refractivity contribution in [2.45, 2.75) is 6.42 Å². The molecule has 3 rings (SSSR count). The monoisotopic (exact) mass is 288 g/mol. The average Bonchev–Trinajstić information content (AvgIpc) is 3.01. The second-order valence-electron chi connectivity index (χ2n) is 4.30. The van der Waals surface area contributed by atoms with Crippen molar-refractivity contribution in [3.05, 3.63) is 34.7 Å². The van der Waals surface area contributed by atoms with E-state index < -0.39 is 5.63 Å². The molecule has 0 radical (unpaired) electrons. The van der Waals surface area contributed by atoms with Crippen LogP contribution in [0.2, 0.25) is 0 Å². The van der Waals surface area contributed by atoms with Gasteiger partial charge in [0, 0.05) is 18.4 Å². The van der Waals surface area contributed by atoms with Gasteiger partial charge >= 0.3 is 5.63 Å². The molecule has 0 saturated heterocycles. The average molecular weight is 288 g/mol. The first-order valence-corrected chi connectivity index (χ1v) is 6.34. The number of nitrogens with zero attached hydrogens (tertiary/aromatic N) is 3. The molecule has 2 aromatic heterocycles. The van der Waals surface area contributed by atoms with Gasteiger partial charge in [0.2, 0.25) is 0 Å². The van der Waals surface area contributed by atoms with Crippen molar-refractivity contribution < 1.29 is 14.3 Å². The molecule has 0 atom stereocenters. The van der Waals surface area contributed by atoms with E-state index in [1.165, 1.54) is 0 Å². The first kappa shape index (κ1) is 13.3. The zero-order valence-corrected chi connectivity index (χ0v) is 10.9. The first-order chi connectivity index (χ1) is 10.3. The van der Waals surface area contributed by atoms with Gasteiger partial charge in [-0.15, -0.1) is 5.10 Å². The largest absolute Gasteiger partial charge is 0.490 e. The number of aromatic nitrogens is 4. The summed E-state index contributed by atoms with van der Waals surface area (Å²) in [6.07, 6.45) is 0.502. The zero-order chi connectivity index (χ0) is 14.7. The maximum absolute atomic E-state index is 12.0. The third kappa shape index (κ3) is 2.61. The van der Waals surface area contributed by atoms with Gasteiger partial charge in [-0.2, -0.15) is 0 Å². The number of hydrogen-bond donors (Lipinski definition) is 2. The van der Waals surface area contributed by atoms with Crippen LogP contribution >= 0.6 is 0 Å².